The van der Waals surface area contributed by atoms with Crippen molar-refractivity contribution in [1.29, 1.82) is 0 Å². The number of alkyl halides is 3. The Morgan fingerprint density at radius 1 is 0.868 bits per heavy atom. The predicted molar refractivity (Wildman–Crippen MR) is 134 cm³/mol. The fraction of sp³-hybridized carbons (Fsp3) is 0.154. The Hall–Kier alpha value is -4.87. The van der Waals surface area contributed by atoms with Crippen LogP contribution in [0.3, 0.4) is 0 Å². The second-order valence-corrected chi connectivity index (χ2v) is 7.54. The third-order valence-electron chi connectivity index (χ3n) is 4.76. The number of anilines is 2. The average Bonchev–Trinajstić information content (AvgIpc) is 2.88. The van der Waals surface area contributed by atoms with Gasteiger partial charge in [-0.25, -0.2) is 5.43 Å². The highest BCUT2D eigenvalue weighted by Gasteiger charge is 2.33. The Labute approximate surface area is 215 Å². The second-order valence-electron chi connectivity index (χ2n) is 7.54. The summed E-state index contributed by atoms with van der Waals surface area (Å²) in [5.74, 6) is -2.12. The van der Waals surface area contributed by atoms with Crippen LogP contribution in [0.2, 0.25) is 0 Å². The summed E-state index contributed by atoms with van der Waals surface area (Å²) in [6.45, 7) is 1.61. The van der Waals surface area contributed by atoms with Crippen molar-refractivity contribution in [3.8, 4) is 11.5 Å². The van der Waals surface area contributed by atoms with Crippen LogP contribution in [0.4, 0.5) is 24.5 Å². The third kappa shape index (κ3) is 8.08. The van der Waals surface area contributed by atoms with Crippen LogP contribution in [0.25, 0.3) is 0 Å². The zero-order valence-electron chi connectivity index (χ0n) is 20.0. The van der Waals surface area contributed by atoms with Crippen LogP contribution in [0.1, 0.15) is 18.1 Å². The van der Waals surface area contributed by atoms with Crippen LogP contribution in [0, 0.1) is 0 Å². The third-order valence-corrected chi connectivity index (χ3v) is 4.76. The van der Waals surface area contributed by atoms with Gasteiger partial charge in [-0.05, 0) is 48.9 Å². The Morgan fingerprint density at radius 3 is 2.32 bits per heavy atom. The fourth-order valence-corrected chi connectivity index (χ4v) is 3.11. The van der Waals surface area contributed by atoms with Crippen LogP contribution < -0.4 is 25.5 Å². The zero-order valence-corrected chi connectivity index (χ0v) is 20.0. The van der Waals surface area contributed by atoms with Crippen LogP contribution in [-0.4, -0.2) is 37.1 Å². The molecule has 0 radical (unpaired) electrons. The van der Waals surface area contributed by atoms with Crippen molar-refractivity contribution in [1.82, 2.24) is 5.43 Å². The molecular formula is C26H23F3N4O5. The van der Waals surface area contributed by atoms with E-state index in [2.05, 4.69) is 21.2 Å². The first kappa shape index (κ1) is 27.7. The van der Waals surface area contributed by atoms with Gasteiger partial charge in [0.1, 0.15) is 11.5 Å². The lowest BCUT2D eigenvalue weighted by molar-refractivity contribution is -0.137. The van der Waals surface area contributed by atoms with E-state index in [0.717, 1.165) is 12.1 Å². The van der Waals surface area contributed by atoms with Gasteiger partial charge in [0.2, 0.25) is 0 Å². The Morgan fingerprint density at radius 2 is 1.58 bits per heavy atom. The molecule has 0 aliphatic carbocycles. The molecule has 0 aliphatic rings. The van der Waals surface area contributed by atoms with E-state index in [9.17, 15) is 27.6 Å². The van der Waals surface area contributed by atoms with E-state index in [1.807, 2.05) is 0 Å². The van der Waals surface area contributed by atoms with E-state index < -0.39 is 36.1 Å². The van der Waals surface area contributed by atoms with E-state index in [-0.39, 0.29) is 11.4 Å². The molecule has 198 valence electrons. The maximum atomic E-state index is 13.1. The van der Waals surface area contributed by atoms with Crippen molar-refractivity contribution < 1.29 is 37.0 Å². The van der Waals surface area contributed by atoms with Crippen molar-refractivity contribution in [2.24, 2.45) is 5.10 Å². The standard InChI is InChI=1S/C26H23F3N4O5/c1-2-37-22-13-6-5-12-21(22)32-24(35)25(36)33-30-15-17-8-7-9-18(14-17)38-16-23(34)31-20-11-4-3-10-19(20)26(27,28)29/h3-15H,2,16H2,1H3,(H,31,34)(H,32,35)(H,33,36)/b30-15-. The molecule has 0 saturated carbocycles. The smallest absolute Gasteiger partial charge is 0.418 e. The van der Waals surface area contributed by atoms with E-state index in [4.69, 9.17) is 9.47 Å². The quantitative estimate of drug-likeness (QED) is 0.219. The highest BCUT2D eigenvalue weighted by atomic mass is 19.4. The number of hydrogen-bond acceptors (Lipinski definition) is 6. The summed E-state index contributed by atoms with van der Waals surface area (Å²) in [6.07, 6.45) is -3.38. The number of halogens is 3. The SMILES string of the molecule is CCOc1ccccc1NC(=O)C(=O)N/N=C\c1cccc(OCC(=O)Nc2ccccc2C(F)(F)F)c1. The lowest BCUT2D eigenvalue weighted by Crippen LogP contribution is -2.32. The molecule has 0 atom stereocenters. The number of amides is 3. The number of hydrogen-bond donors (Lipinski definition) is 3. The first-order valence-electron chi connectivity index (χ1n) is 11.2. The average molecular weight is 528 g/mol. The van der Waals surface area contributed by atoms with Gasteiger partial charge < -0.3 is 20.1 Å². The summed E-state index contributed by atoms with van der Waals surface area (Å²) in [6, 6.07) is 17.4. The van der Waals surface area contributed by atoms with Gasteiger partial charge >= 0.3 is 18.0 Å². The molecule has 0 aromatic heterocycles. The van der Waals surface area contributed by atoms with Crippen LogP contribution in [0.5, 0.6) is 11.5 Å². The van der Waals surface area contributed by atoms with E-state index >= 15 is 0 Å². The van der Waals surface area contributed by atoms with Gasteiger partial charge in [-0.2, -0.15) is 18.3 Å². The van der Waals surface area contributed by atoms with Crippen LogP contribution >= 0.6 is 0 Å². The molecule has 3 rings (SSSR count). The summed E-state index contributed by atoms with van der Waals surface area (Å²) in [4.78, 5) is 36.3. The summed E-state index contributed by atoms with van der Waals surface area (Å²) < 4.78 is 50.0. The van der Waals surface area contributed by atoms with Gasteiger partial charge in [0.25, 0.3) is 5.91 Å². The number of nitrogens with one attached hydrogen (secondary N) is 3. The lowest BCUT2D eigenvalue weighted by atomic mass is 10.1. The monoisotopic (exact) mass is 528 g/mol. The van der Waals surface area contributed by atoms with Gasteiger partial charge in [0.05, 0.1) is 29.8 Å². The van der Waals surface area contributed by atoms with Gasteiger partial charge in [0, 0.05) is 0 Å². The number of para-hydroxylation sites is 3. The maximum Gasteiger partial charge on any atom is 0.418 e. The van der Waals surface area contributed by atoms with Crippen molar-refractivity contribution in [2.75, 3.05) is 23.8 Å². The first-order chi connectivity index (χ1) is 18.2. The molecule has 3 aromatic carbocycles. The summed E-state index contributed by atoms with van der Waals surface area (Å²) in [5.41, 5.74) is 1.53. The number of hydrazone groups is 1. The van der Waals surface area contributed by atoms with E-state index in [0.29, 0.717) is 23.6 Å². The summed E-state index contributed by atoms with van der Waals surface area (Å²) >= 11 is 0. The fourth-order valence-electron chi connectivity index (χ4n) is 3.11. The molecule has 0 heterocycles. The van der Waals surface area contributed by atoms with Gasteiger partial charge in [-0.15, -0.1) is 0 Å². The van der Waals surface area contributed by atoms with Crippen LogP contribution in [-0.2, 0) is 20.6 Å². The highest BCUT2D eigenvalue weighted by molar-refractivity contribution is 6.39. The number of carbonyl (C=O) groups excluding carboxylic acids is 3. The van der Waals surface area contributed by atoms with Crippen LogP contribution in [0.15, 0.2) is 77.9 Å². The Bertz CT molecular complexity index is 1330. The molecule has 0 aliphatic heterocycles. The summed E-state index contributed by atoms with van der Waals surface area (Å²) in [7, 11) is 0. The molecule has 0 fully saturated rings. The number of rotatable bonds is 9. The normalized spacial score (nSPS) is 11.1. The lowest BCUT2D eigenvalue weighted by Gasteiger charge is -2.13. The topological polar surface area (TPSA) is 118 Å². The van der Waals surface area contributed by atoms with Crippen molar-refractivity contribution >= 4 is 35.3 Å². The van der Waals surface area contributed by atoms with Gasteiger partial charge in [-0.1, -0.05) is 36.4 Å². The summed E-state index contributed by atoms with van der Waals surface area (Å²) in [5, 5.41) is 8.35. The molecular weight excluding hydrogens is 505 g/mol. The predicted octanol–water partition coefficient (Wildman–Crippen LogP) is 4.21. The Kier molecular flexibility index (Phi) is 9.41. The molecule has 0 spiro atoms. The number of benzene rings is 3. The minimum atomic E-state index is -4.62. The van der Waals surface area contributed by atoms with Gasteiger partial charge in [-0.3, -0.25) is 14.4 Å². The molecule has 0 saturated heterocycles. The zero-order chi connectivity index (χ0) is 27.5. The molecule has 38 heavy (non-hydrogen) atoms. The molecule has 12 heteroatoms. The minimum Gasteiger partial charge on any atom is -0.492 e. The van der Waals surface area contributed by atoms with E-state index in [1.54, 1.807) is 43.3 Å². The second kappa shape index (κ2) is 12.9. The maximum absolute atomic E-state index is 13.1. The number of nitrogens with zero attached hydrogens (tertiary/aromatic N) is 1. The van der Waals surface area contributed by atoms with E-state index in [1.165, 1.54) is 30.5 Å². The molecule has 9 nitrogen and oxygen atoms in total. The molecule has 0 unspecified atom stereocenters. The molecule has 3 N–H and O–H groups in total. The first-order valence-corrected chi connectivity index (χ1v) is 11.2. The Balaban J connectivity index is 1.52. The number of carbonyl (C=O) groups is 3. The van der Waals surface area contributed by atoms with Crippen molar-refractivity contribution in [2.45, 2.75) is 13.1 Å². The molecule has 0 bridgehead atoms. The molecule has 3 amide bonds. The van der Waals surface area contributed by atoms with Crippen molar-refractivity contribution in [3.05, 3.63) is 83.9 Å². The highest BCUT2D eigenvalue weighted by Crippen LogP contribution is 2.34. The van der Waals surface area contributed by atoms with Crippen molar-refractivity contribution in [3.63, 3.8) is 0 Å². The minimum absolute atomic E-state index is 0.227. The molecule has 3 aromatic rings. The largest absolute Gasteiger partial charge is 0.492 e. The number of ether oxygens (including phenoxy) is 2. The van der Waals surface area contributed by atoms with Gasteiger partial charge in [0.15, 0.2) is 6.61 Å².